The summed E-state index contributed by atoms with van der Waals surface area (Å²) >= 11 is 0. The van der Waals surface area contributed by atoms with E-state index in [1.165, 1.54) is 7.05 Å². The first-order chi connectivity index (χ1) is 7.85. The lowest BCUT2D eigenvalue weighted by Crippen LogP contribution is -2.44. The van der Waals surface area contributed by atoms with Crippen LogP contribution in [0.2, 0.25) is 0 Å². The largest absolute Gasteiger partial charge is 0.480 e. The topological polar surface area (TPSA) is 122 Å². The van der Waals surface area contributed by atoms with Gasteiger partial charge in [0.15, 0.2) is 0 Å². The molecule has 0 aromatic carbocycles. The fourth-order valence-electron chi connectivity index (χ4n) is 1.25. The molecule has 0 spiro atoms. The number of likely N-dealkylation sites (N-methyl/N-ethyl adjacent to an activating group) is 1. The highest BCUT2D eigenvalue weighted by Crippen LogP contribution is 2.02. The minimum absolute atomic E-state index is 0.00651. The molecule has 0 fully saturated rings. The molecule has 0 aliphatic heterocycles. The molecule has 0 heterocycles. The second kappa shape index (κ2) is 7.93. The summed E-state index contributed by atoms with van der Waals surface area (Å²) < 4.78 is 12.8. The van der Waals surface area contributed by atoms with Crippen LogP contribution in [0.25, 0.3) is 0 Å². The first kappa shape index (κ1) is 15.8. The van der Waals surface area contributed by atoms with Gasteiger partial charge in [0.25, 0.3) is 0 Å². The first-order valence-electron chi connectivity index (χ1n) is 5.17. The minimum Gasteiger partial charge on any atom is -0.480 e. The van der Waals surface area contributed by atoms with Gasteiger partial charge in [-0.1, -0.05) is 0 Å². The minimum atomic E-state index is -1.23. The zero-order chi connectivity index (χ0) is 13.4. The molecule has 6 N–H and O–H groups in total. The van der Waals surface area contributed by atoms with Crippen molar-refractivity contribution in [3.63, 3.8) is 0 Å². The van der Waals surface area contributed by atoms with E-state index >= 15 is 0 Å². The van der Waals surface area contributed by atoms with Crippen molar-refractivity contribution in [1.29, 1.82) is 0 Å². The van der Waals surface area contributed by atoms with Gasteiger partial charge in [0.05, 0.1) is 0 Å². The lowest BCUT2D eigenvalue weighted by molar-refractivity contribution is -0.139. The number of carbonyl (C=O) groups is 2. The first-order valence-corrected chi connectivity index (χ1v) is 5.17. The molecule has 0 unspecified atom stereocenters. The summed E-state index contributed by atoms with van der Waals surface area (Å²) in [4.78, 5) is 21.7. The Balaban J connectivity index is 3.88. The highest BCUT2D eigenvalue weighted by atomic mass is 19.1. The number of halogens is 1. The molecule has 8 heteroatoms. The van der Waals surface area contributed by atoms with Gasteiger partial charge >= 0.3 is 5.97 Å². The summed E-state index contributed by atoms with van der Waals surface area (Å²) in [5, 5.41) is 9.57. The standard InChI is InChI=1S/C9H19FN4O3/c1-14(5-9(16)17)13-8(15)3-7(12)2-6(10)4-11/h6-7H,2-5,11-12H2,1H3,(H,13,15)(H,16,17)/t6-,7-/m1/s1. The van der Waals surface area contributed by atoms with E-state index < -0.39 is 24.1 Å². The number of carboxylic acids is 1. The fourth-order valence-corrected chi connectivity index (χ4v) is 1.25. The molecular formula is C9H19FN4O3. The number of hydrazine groups is 1. The molecule has 2 atom stereocenters. The Bertz CT molecular complexity index is 265. The van der Waals surface area contributed by atoms with Gasteiger partial charge in [-0.3, -0.25) is 15.0 Å². The van der Waals surface area contributed by atoms with Crippen LogP contribution in [0.4, 0.5) is 4.39 Å². The third-order valence-electron chi connectivity index (χ3n) is 1.95. The highest BCUT2D eigenvalue weighted by Gasteiger charge is 2.16. The molecule has 0 aliphatic rings. The van der Waals surface area contributed by atoms with E-state index in [9.17, 15) is 14.0 Å². The average molecular weight is 250 g/mol. The van der Waals surface area contributed by atoms with Crippen LogP contribution in [0.3, 0.4) is 0 Å². The van der Waals surface area contributed by atoms with Crippen LogP contribution in [-0.2, 0) is 9.59 Å². The smallest absolute Gasteiger partial charge is 0.319 e. The maximum atomic E-state index is 12.8. The number of carboxylic acid groups (broad SMARTS) is 1. The van der Waals surface area contributed by atoms with Crippen LogP contribution in [0.15, 0.2) is 0 Å². The fraction of sp³-hybridized carbons (Fsp3) is 0.778. The van der Waals surface area contributed by atoms with E-state index in [0.29, 0.717) is 0 Å². The molecule has 0 aromatic rings. The number of hydrogen-bond acceptors (Lipinski definition) is 5. The third-order valence-corrected chi connectivity index (χ3v) is 1.95. The SMILES string of the molecule is CN(CC(=O)O)NC(=O)C[C@H](N)C[C@@H](F)CN. The number of nitrogens with two attached hydrogens (primary N) is 2. The van der Waals surface area contributed by atoms with Crippen LogP contribution in [0, 0.1) is 0 Å². The molecule has 0 aliphatic carbocycles. The number of nitrogens with one attached hydrogen (secondary N) is 1. The van der Waals surface area contributed by atoms with Crippen molar-refractivity contribution >= 4 is 11.9 Å². The molecule has 100 valence electrons. The van der Waals surface area contributed by atoms with Crippen molar-refractivity contribution in [1.82, 2.24) is 10.4 Å². The molecule has 0 aromatic heterocycles. The average Bonchev–Trinajstić information content (AvgIpc) is 2.14. The second-order valence-electron chi connectivity index (χ2n) is 3.82. The van der Waals surface area contributed by atoms with Crippen molar-refractivity contribution in [2.75, 3.05) is 20.1 Å². The number of hydrogen-bond donors (Lipinski definition) is 4. The van der Waals surface area contributed by atoms with Crippen LogP contribution in [0.5, 0.6) is 0 Å². The van der Waals surface area contributed by atoms with Gasteiger partial charge < -0.3 is 16.6 Å². The summed E-state index contributed by atoms with van der Waals surface area (Å²) in [5.74, 6) is -1.52. The summed E-state index contributed by atoms with van der Waals surface area (Å²) in [6, 6.07) is -0.633. The monoisotopic (exact) mass is 250 g/mol. The summed E-state index contributed by atoms with van der Waals surface area (Å²) in [5.41, 5.74) is 12.9. The Labute approximate surface area is 98.9 Å². The van der Waals surface area contributed by atoms with Crippen LogP contribution < -0.4 is 16.9 Å². The molecule has 0 saturated heterocycles. The van der Waals surface area contributed by atoms with E-state index in [-0.39, 0.29) is 25.9 Å². The number of nitrogens with zero attached hydrogens (tertiary/aromatic N) is 1. The van der Waals surface area contributed by atoms with E-state index in [1.54, 1.807) is 0 Å². The Kier molecular flexibility index (Phi) is 7.35. The van der Waals surface area contributed by atoms with Crippen LogP contribution >= 0.6 is 0 Å². The molecule has 0 bridgehead atoms. The molecule has 7 nitrogen and oxygen atoms in total. The van der Waals surface area contributed by atoms with Gasteiger partial charge in [0.2, 0.25) is 5.91 Å². The van der Waals surface area contributed by atoms with Gasteiger partial charge in [-0.05, 0) is 6.42 Å². The molecular weight excluding hydrogens is 231 g/mol. The number of alkyl halides is 1. The number of amides is 1. The van der Waals surface area contributed by atoms with Crippen LogP contribution in [0.1, 0.15) is 12.8 Å². The van der Waals surface area contributed by atoms with E-state index in [4.69, 9.17) is 16.6 Å². The predicted molar refractivity (Wildman–Crippen MR) is 59.6 cm³/mol. The van der Waals surface area contributed by atoms with E-state index in [0.717, 1.165) is 5.01 Å². The van der Waals surface area contributed by atoms with Crippen molar-refractivity contribution in [2.45, 2.75) is 25.1 Å². The van der Waals surface area contributed by atoms with E-state index in [1.807, 2.05) is 0 Å². The molecule has 0 radical (unpaired) electrons. The molecule has 0 rings (SSSR count). The second-order valence-corrected chi connectivity index (χ2v) is 3.82. The normalized spacial score (nSPS) is 14.4. The zero-order valence-electron chi connectivity index (χ0n) is 9.73. The van der Waals surface area contributed by atoms with E-state index in [2.05, 4.69) is 5.43 Å². The highest BCUT2D eigenvalue weighted by molar-refractivity contribution is 5.76. The van der Waals surface area contributed by atoms with Gasteiger partial charge in [-0.15, -0.1) is 0 Å². The Morgan fingerprint density at radius 2 is 2.12 bits per heavy atom. The maximum Gasteiger partial charge on any atom is 0.319 e. The Morgan fingerprint density at radius 1 is 1.53 bits per heavy atom. The quantitative estimate of drug-likeness (QED) is 0.386. The van der Waals surface area contributed by atoms with Crippen molar-refractivity contribution in [3.05, 3.63) is 0 Å². The summed E-state index contributed by atoms with van der Waals surface area (Å²) in [7, 11) is 1.41. The lowest BCUT2D eigenvalue weighted by atomic mass is 10.1. The number of aliphatic carboxylic acids is 1. The molecule has 0 saturated carbocycles. The number of carbonyl (C=O) groups excluding carboxylic acids is 1. The molecule has 1 amide bonds. The van der Waals surface area contributed by atoms with Gasteiger partial charge in [0.1, 0.15) is 12.7 Å². The third kappa shape index (κ3) is 8.55. The van der Waals surface area contributed by atoms with Gasteiger partial charge in [-0.25, -0.2) is 9.40 Å². The Morgan fingerprint density at radius 3 is 2.59 bits per heavy atom. The maximum absolute atomic E-state index is 12.8. The van der Waals surface area contributed by atoms with Crippen molar-refractivity contribution in [3.8, 4) is 0 Å². The van der Waals surface area contributed by atoms with Crippen LogP contribution in [-0.4, -0.2) is 54.3 Å². The lowest BCUT2D eigenvalue weighted by Gasteiger charge is -2.18. The van der Waals surface area contributed by atoms with Gasteiger partial charge in [-0.2, -0.15) is 0 Å². The summed E-state index contributed by atoms with van der Waals surface area (Å²) in [6.45, 7) is -0.455. The number of rotatable bonds is 8. The molecule has 17 heavy (non-hydrogen) atoms. The zero-order valence-corrected chi connectivity index (χ0v) is 9.73. The predicted octanol–water partition coefficient (Wildman–Crippen LogP) is -1.56. The summed E-state index contributed by atoms with van der Waals surface area (Å²) in [6.07, 6.45) is -1.30. The Hall–Kier alpha value is -1.25. The van der Waals surface area contributed by atoms with Crippen molar-refractivity contribution in [2.24, 2.45) is 11.5 Å². The van der Waals surface area contributed by atoms with Gasteiger partial charge in [0, 0.05) is 26.1 Å². The van der Waals surface area contributed by atoms with Crippen molar-refractivity contribution < 1.29 is 19.1 Å².